The molecule has 7 nitrogen and oxygen atoms in total. The number of alkyl halides is 3. The van der Waals surface area contributed by atoms with Gasteiger partial charge >= 0.3 is 6.18 Å². The number of anilines is 2. The molecule has 5 rings (SSSR count). The summed E-state index contributed by atoms with van der Waals surface area (Å²) in [5.74, 6) is 1.38. The number of methoxy groups -OCH3 is 1. The standard InChI is InChI=1S/C29H21F3N2O5S/c1-38-21-9-11-22(12-10-21)39-23-4-2-3-18(15-23)16-26-25-17-24(13-14-27(25)33-28(26)35)40(36,37)34-20-7-5-19(6-8-20)29(30,31)32/h2-17,34H,1H3,(H,33,35). The predicted octanol–water partition coefficient (Wildman–Crippen LogP) is 6.80. The van der Waals surface area contributed by atoms with E-state index in [0.29, 0.717) is 34.1 Å². The number of hydrogen-bond acceptors (Lipinski definition) is 5. The predicted molar refractivity (Wildman–Crippen MR) is 145 cm³/mol. The molecule has 1 amide bonds. The Hall–Kier alpha value is -4.77. The van der Waals surface area contributed by atoms with Gasteiger partial charge in [0.05, 0.1) is 17.6 Å². The summed E-state index contributed by atoms with van der Waals surface area (Å²) < 4.78 is 77.8. The van der Waals surface area contributed by atoms with Crippen LogP contribution in [0.2, 0.25) is 0 Å². The van der Waals surface area contributed by atoms with Crippen LogP contribution in [0.25, 0.3) is 11.6 Å². The van der Waals surface area contributed by atoms with Crippen molar-refractivity contribution in [2.24, 2.45) is 0 Å². The van der Waals surface area contributed by atoms with Crippen LogP contribution < -0.4 is 19.5 Å². The van der Waals surface area contributed by atoms with Gasteiger partial charge in [0.15, 0.2) is 0 Å². The molecular formula is C29H21F3N2O5S. The Balaban J connectivity index is 1.40. The number of nitrogens with one attached hydrogen (secondary N) is 2. The molecule has 2 N–H and O–H groups in total. The van der Waals surface area contributed by atoms with Crippen LogP contribution >= 0.6 is 0 Å². The van der Waals surface area contributed by atoms with E-state index in [4.69, 9.17) is 9.47 Å². The van der Waals surface area contributed by atoms with Crippen molar-refractivity contribution in [1.29, 1.82) is 0 Å². The third kappa shape index (κ3) is 5.79. The average molecular weight is 567 g/mol. The number of ether oxygens (including phenoxy) is 2. The van der Waals surface area contributed by atoms with Crippen molar-refractivity contribution in [3.8, 4) is 17.2 Å². The molecule has 4 aromatic rings. The van der Waals surface area contributed by atoms with Crippen molar-refractivity contribution in [2.75, 3.05) is 17.1 Å². The average Bonchev–Trinajstić information content (AvgIpc) is 3.23. The maximum atomic E-state index is 13.0. The number of halogens is 3. The second-order valence-electron chi connectivity index (χ2n) is 8.75. The fraction of sp³-hybridized carbons (Fsp3) is 0.0690. The first-order valence-electron chi connectivity index (χ1n) is 11.8. The third-order valence-electron chi connectivity index (χ3n) is 6.01. The molecule has 0 unspecified atom stereocenters. The second-order valence-corrected chi connectivity index (χ2v) is 10.4. The van der Waals surface area contributed by atoms with Gasteiger partial charge in [-0.3, -0.25) is 9.52 Å². The lowest BCUT2D eigenvalue weighted by Crippen LogP contribution is -2.13. The number of amides is 1. The van der Waals surface area contributed by atoms with Crippen LogP contribution in [0.1, 0.15) is 16.7 Å². The molecule has 1 aliphatic heterocycles. The second kappa shape index (κ2) is 10.4. The summed E-state index contributed by atoms with van der Waals surface area (Å²) in [5, 5.41) is 2.71. The highest BCUT2D eigenvalue weighted by molar-refractivity contribution is 7.92. The molecule has 1 heterocycles. The van der Waals surface area contributed by atoms with Gasteiger partial charge in [-0.05, 0) is 90.5 Å². The first kappa shape index (κ1) is 26.8. The molecule has 1 aliphatic rings. The monoisotopic (exact) mass is 566 g/mol. The Labute approximate surface area is 227 Å². The topological polar surface area (TPSA) is 93.7 Å². The molecule has 0 bridgehead atoms. The van der Waals surface area contributed by atoms with E-state index < -0.39 is 27.7 Å². The van der Waals surface area contributed by atoms with Crippen LogP contribution in [0.15, 0.2) is 95.9 Å². The summed E-state index contributed by atoms with van der Waals surface area (Å²) in [5.41, 5.74) is 0.735. The van der Waals surface area contributed by atoms with Crippen molar-refractivity contribution >= 4 is 39.0 Å². The number of carbonyl (C=O) groups excluding carboxylic acids is 1. The molecule has 11 heteroatoms. The summed E-state index contributed by atoms with van der Waals surface area (Å²) >= 11 is 0. The minimum atomic E-state index is -4.54. The molecule has 40 heavy (non-hydrogen) atoms. The van der Waals surface area contributed by atoms with Crippen LogP contribution in [0.5, 0.6) is 17.2 Å². The number of benzene rings is 4. The van der Waals surface area contributed by atoms with Crippen LogP contribution in [-0.2, 0) is 21.0 Å². The highest BCUT2D eigenvalue weighted by Gasteiger charge is 2.30. The lowest BCUT2D eigenvalue weighted by Gasteiger charge is -2.11. The zero-order valence-corrected chi connectivity index (χ0v) is 21.6. The number of fused-ring (bicyclic) bond motifs is 1. The van der Waals surface area contributed by atoms with Gasteiger partial charge < -0.3 is 14.8 Å². The summed E-state index contributed by atoms with van der Waals surface area (Å²) in [6, 6.07) is 21.8. The fourth-order valence-electron chi connectivity index (χ4n) is 4.03. The molecular weight excluding hydrogens is 545 g/mol. The first-order chi connectivity index (χ1) is 19.0. The van der Waals surface area contributed by atoms with Gasteiger partial charge in [0, 0.05) is 22.5 Å². The first-order valence-corrected chi connectivity index (χ1v) is 13.3. The van der Waals surface area contributed by atoms with E-state index in [1.165, 1.54) is 18.2 Å². The third-order valence-corrected chi connectivity index (χ3v) is 7.39. The minimum Gasteiger partial charge on any atom is -0.497 e. The van der Waals surface area contributed by atoms with Gasteiger partial charge in [-0.2, -0.15) is 13.2 Å². The Bertz CT molecular complexity index is 1720. The number of sulfonamides is 1. The van der Waals surface area contributed by atoms with Crippen LogP contribution in [0.4, 0.5) is 24.5 Å². The van der Waals surface area contributed by atoms with Crippen LogP contribution in [0, 0.1) is 0 Å². The summed E-state index contributed by atoms with van der Waals surface area (Å²) in [6.45, 7) is 0. The van der Waals surface area contributed by atoms with Crippen LogP contribution in [-0.4, -0.2) is 21.4 Å². The van der Waals surface area contributed by atoms with Crippen molar-refractivity contribution in [2.45, 2.75) is 11.1 Å². The van der Waals surface area contributed by atoms with Gasteiger partial charge in [-0.15, -0.1) is 0 Å². The Morgan fingerprint density at radius 3 is 2.23 bits per heavy atom. The molecule has 0 saturated carbocycles. The zero-order valence-electron chi connectivity index (χ0n) is 20.8. The van der Waals surface area contributed by atoms with E-state index >= 15 is 0 Å². The smallest absolute Gasteiger partial charge is 0.416 e. The van der Waals surface area contributed by atoms with Gasteiger partial charge in [-0.25, -0.2) is 8.42 Å². The summed E-state index contributed by atoms with van der Waals surface area (Å²) in [7, 11) is -2.60. The molecule has 0 saturated heterocycles. The molecule has 0 fully saturated rings. The number of hydrogen-bond donors (Lipinski definition) is 2. The highest BCUT2D eigenvalue weighted by atomic mass is 32.2. The maximum Gasteiger partial charge on any atom is 0.416 e. The Kier molecular flexibility index (Phi) is 6.99. The minimum absolute atomic E-state index is 0.0351. The molecule has 4 aromatic carbocycles. The van der Waals surface area contributed by atoms with E-state index in [0.717, 1.165) is 24.3 Å². The normalized spacial score (nSPS) is 14.0. The van der Waals surface area contributed by atoms with Crippen molar-refractivity contribution in [3.05, 3.63) is 108 Å². The zero-order chi connectivity index (χ0) is 28.5. The van der Waals surface area contributed by atoms with Gasteiger partial charge in [0.1, 0.15) is 17.2 Å². The Morgan fingerprint density at radius 2 is 1.55 bits per heavy atom. The summed E-state index contributed by atoms with van der Waals surface area (Å²) in [4.78, 5) is 12.6. The highest BCUT2D eigenvalue weighted by Crippen LogP contribution is 2.36. The SMILES string of the molecule is COc1ccc(Oc2cccc(C=C3C(=O)Nc4ccc(S(=O)(=O)Nc5ccc(C(F)(F)F)cc5)cc43)c2)cc1. The molecule has 0 aliphatic carbocycles. The lowest BCUT2D eigenvalue weighted by atomic mass is 10.0. The largest absolute Gasteiger partial charge is 0.497 e. The van der Waals surface area contributed by atoms with E-state index in [1.807, 2.05) is 0 Å². The van der Waals surface area contributed by atoms with Gasteiger partial charge in [-0.1, -0.05) is 12.1 Å². The van der Waals surface area contributed by atoms with E-state index in [9.17, 15) is 26.4 Å². The molecule has 0 radical (unpaired) electrons. The Morgan fingerprint density at radius 1 is 0.850 bits per heavy atom. The van der Waals surface area contributed by atoms with Crippen molar-refractivity contribution in [1.82, 2.24) is 0 Å². The molecule has 0 spiro atoms. The quantitative estimate of drug-likeness (QED) is 0.240. The number of rotatable bonds is 7. The molecule has 0 atom stereocenters. The number of carbonyl (C=O) groups is 1. The van der Waals surface area contributed by atoms with Crippen molar-refractivity contribution < 1.29 is 35.9 Å². The van der Waals surface area contributed by atoms with Gasteiger partial charge in [0.25, 0.3) is 15.9 Å². The molecule has 204 valence electrons. The van der Waals surface area contributed by atoms with Crippen molar-refractivity contribution in [3.63, 3.8) is 0 Å². The lowest BCUT2D eigenvalue weighted by molar-refractivity contribution is -0.137. The maximum absolute atomic E-state index is 13.0. The van der Waals surface area contributed by atoms with Gasteiger partial charge in [0.2, 0.25) is 0 Å². The molecule has 0 aromatic heterocycles. The van der Waals surface area contributed by atoms with Crippen LogP contribution in [0.3, 0.4) is 0 Å². The van der Waals surface area contributed by atoms with E-state index in [-0.39, 0.29) is 16.2 Å². The van der Waals surface area contributed by atoms with E-state index in [1.54, 1.807) is 61.7 Å². The fourth-order valence-corrected chi connectivity index (χ4v) is 5.12. The van der Waals surface area contributed by atoms with E-state index in [2.05, 4.69) is 10.0 Å². The summed E-state index contributed by atoms with van der Waals surface area (Å²) in [6.07, 6.45) is -2.93.